The van der Waals surface area contributed by atoms with E-state index in [-0.39, 0.29) is 44.5 Å². The summed E-state index contributed by atoms with van der Waals surface area (Å²) in [5, 5.41) is 44.0. The van der Waals surface area contributed by atoms with Crippen molar-refractivity contribution in [1.29, 1.82) is 0 Å². The molecule has 6 amide bonds. The van der Waals surface area contributed by atoms with Gasteiger partial charge in [-0.05, 0) is 61.6 Å². The SMILES string of the molecule is NCCC[C@@H]1NC(=O)[C@H](Cc2c[nH]c3ccccc23)NC(=O)[C@H](CO)NC(=O)[C@H]2CCCN2C(=O)[C@H](CO)NC(=O)[C@H](Cc2ccc(O)cc2)NC1=O. The minimum absolute atomic E-state index is 0.0220. The molecular weight excluding hydrogens is 688 g/mol. The molecule has 5 rings (SSSR count). The maximum absolute atomic E-state index is 14.1. The van der Waals surface area contributed by atoms with Gasteiger partial charge in [-0.25, -0.2) is 0 Å². The molecule has 53 heavy (non-hydrogen) atoms. The quantitative estimate of drug-likeness (QED) is 0.114. The fraction of sp³-hybridized carbons (Fsp3) is 0.444. The van der Waals surface area contributed by atoms with Crippen molar-refractivity contribution in [1.82, 2.24) is 36.5 Å². The second-order valence-corrected chi connectivity index (χ2v) is 13.2. The fourth-order valence-corrected chi connectivity index (χ4v) is 6.64. The monoisotopic (exact) mass is 734 g/mol. The molecule has 3 aromatic rings. The number of aromatic nitrogens is 1. The number of hydrogen-bond acceptors (Lipinski definition) is 10. The number of nitrogens with zero attached hydrogens (tertiary/aromatic N) is 1. The number of nitrogens with one attached hydrogen (secondary N) is 6. The molecule has 11 N–H and O–H groups in total. The van der Waals surface area contributed by atoms with Gasteiger partial charge < -0.3 is 57.5 Å². The second-order valence-electron chi connectivity index (χ2n) is 13.2. The Hall–Kier alpha value is -5.52. The molecule has 2 saturated heterocycles. The Morgan fingerprint density at radius 3 is 1.96 bits per heavy atom. The first-order valence-corrected chi connectivity index (χ1v) is 17.6. The van der Waals surface area contributed by atoms with Crippen LogP contribution in [0.4, 0.5) is 0 Å². The van der Waals surface area contributed by atoms with E-state index in [9.17, 15) is 44.1 Å². The predicted octanol–water partition coefficient (Wildman–Crippen LogP) is -2.19. The van der Waals surface area contributed by atoms with Gasteiger partial charge in [0, 0.05) is 36.5 Å². The topological polar surface area (TPSA) is 268 Å². The van der Waals surface area contributed by atoms with Gasteiger partial charge in [0.25, 0.3) is 0 Å². The van der Waals surface area contributed by atoms with Crippen molar-refractivity contribution in [2.24, 2.45) is 5.73 Å². The maximum atomic E-state index is 14.1. The van der Waals surface area contributed by atoms with Gasteiger partial charge in [0.2, 0.25) is 35.4 Å². The third-order valence-electron chi connectivity index (χ3n) is 9.52. The lowest BCUT2D eigenvalue weighted by Gasteiger charge is -2.31. The molecule has 0 bridgehead atoms. The minimum Gasteiger partial charge on any atom is -0.508 e. The summed E-state index contributed by atoms with van der Waals surface area (Å²) in [6, 6.07) is 5.28. The number of amides is 6. The van der Waals surface area contributed by atoms with Gasteiger partial charge in [-0.15, -0.1) is 0 Å². The average molecular weight is 735 g/mol. The number of phenols is 1. The number of para-hydroxylation sites is 1. The second kappa shape index (κ2) is 17.8. The van der Waals surface area contributed by atoms with Crippen molar-refractivity contribution in [3.05, 3.63) is 65.9 Å². The van der Waals surface area contributed by atoms with Crippen molar-refractivity contribution in [2.45, 2.75) is 74.8 Å². The molecule has 3 heterocycles. The van der Waals surface area contributed by atoms with Gasteiger partial charge in [0.1, 0.15) is 42.0 Å². The number of benzene rings is 2. The first-order chi connectivity index (χ1) is 25.5. The number of carbonyl (C=O) groups is 6. The molecule has 2 aliphatic heterocycles. The zero-order valence-electron chi connectivity index (χ0n) is 29.0. The molecule has 0 radical (unpaired) electrons. The van der Waals surface area contributed by atoms with Crippen molar-refractivity contribution >= 4 is 46.3 Å². The Labute approximate surface area is 305 Å². The molecule has 0 aliphatic carbocycles. The number of aliphatic hydroxyl groups is 2. The van der Waals surface area contributed by atoms with E-state index in [0.717, 1.165) is 10.9 Å². The minimum atomic E-state index is -1.51. The van der Waals surface area contributed by atoms with E-state index < -0.39 is 84.9 Å². The molecule has 2 aliphatic rings. The number of aromatic hydroxyl groups is 1. The van der Waals surface area contributed by atoms with Crippen LogP contribution in [-0.2, 0) is 41.6 Å². The van der Waals surface area contributed by atoms with Gasteiger partial charge in [-0.3, -0.25) is 28.8 Å². The van der Waals surface area contributed by atoms with Gasteiger partial charge >= 0.3 is 0 Å². The van der Waals surface area contributed by atoms with Crippen LogP contribution in [0.3, 0.4) is 0 Å². The Morgan fingerprint density at radius 1 is 0.698 bits per heavy atom. The summed E-state index contributed by atoms with van der Waals surface area (Å²) in [6.07, 6.45) is 2.51. The largest absolute Gasteiger partial charge is 0.508 e. The zero-order valence-corrected chi connectivity index (χ0v) is 29.0. The van der Waals surface area contributed by atoms with E-state index in [2.05, 4.69) is 31.6 Å². The number of aromatic amines is 1. The molecule has 2 fully saturated rings. The lowest BCUT2D eigenvalue weighted by atomic mass is 10.0. The van der Waals surface area contributed by atoms with Crippen LogP contribution < -0.4 is 32.3 Å². The number of aliphatic hydroxyl groups excluding tert-OH is 2. The Kier molecular flexibility index (Phi) is 13.0. The number of H-pyrrole nitrogens is 1. The molecular formula is C36H46N8O9. The molecule has 2 aromatic carbocycles. The first-order valence-electron chi connectivity index (χ1n) is 17.6. The molecule has 0 unspecified atom stereocenters. The third-order valence-corrected chi connectivity index (χ3v) is 9.52. The number of phenolic OH excluding ortho intramolecular Hbond substituents is 1. The van der Waals surface area contributed by atoms with Crippen molar-refractivity contribution in [3.63, 3.8) is 0 Å². The van der Waals surface area contributed by atoms with E-state index in [4.69, 9.17) is 5.73 Å². The lowest BCUT2D eigenvalue weighted by molar-refractivity contribution is -0.143. The smallest absolute Gasteiger partial charge is 0.248 e. The summed E-state index contributed by atoms with van der Waals surface area (Å²) in [6.45, 7) is -1.38. The van der Waals surface area contributed by atoms with Crippen LogP contribution in [-0.4, -0.2) is 123 Å². The van der Waals surface area contributed by atoms with E-state index in [1.807, 2.05) is 24.3 Å². The highest BCUT2D eigenvalue weighted by molar-refractivity contribution is 5.99. The predicted molar refractivity (Wildman–Crippen MR) is 191 cm³/mol. The standard InChI is InChI=1S/C36H46N8O9/c37-13-3-7-25-31(48)40-26(15-20-9-11-22(47)12-10-20)32(49)43-29(19-46)36(53)44-14-4-8-30(44)35(52)42-28(18-45)34(51)41-27(33(50)39-25)16-21-17-38-24-6-2-1-5-23(21)24/h1-2,5-6,9-12,17,25-30,38,45-47H,3-4,7-8,13-16,18-19,37H2,(H,39,50)(H,40,48)(H,41,51)(H,42,52)(H,43,49)/t25-,26-,27-,28-,29-,30+/m0/s1. The highest BCUT2D eigenvalue weighted by atomic mass is 16.3. The normalized spacial score (nSPS) is 25.1. The van der Waals surface area contributed by atoms with E-state index in [0.29, 0.717) is 24.0 Å². The molecule has 17 heteroatoms. The Bertz CT molecular complexity index is 1800. The van der Waals surface area contributed by atoms with Crippen LogP contribution in [0.1, 0.15) is 36.8 Å². The zero-order chi connectivity index (χ0) is 38.1. The Morgan fingerprint density at radius 2 is 1.28 bits per heavy atom. The van der Waals surface area contributed by atoms with Crippen LogP contribution in [0.2, 0.25) is 0 Å². The highest BCUT2D eigenvalue weighted by Crippen LogP contribution is 2.21. The summed E-state index contributed by atoms with van der Waals surface area (Å²) >= 11 is 0. The van der Waals surface area contributed by atoms with Gasteiger partial charge in [0.05, 0.1) is 13.2 Å². The third kappa shape index (κ3) is 9.48. The number of carbonyl (C=O) groups excluding carboxylic acids is 6. The van der Waals surface area contributed by atoms with Gasteiger partial charge in [0.15, 0.2) is 0 Å². The van der Waals surface area contributed by atoms with Crippen LogP contribution in [0.15, 0.2) is 54.7 Å². The summed E-state index contributed by atoms with van der Waals surface area (Å²) < 4.78 is 0. The number of fused-ring (bicyclic) bond motifs is 2. The average Bonchev–Trinajstić information content (AvgIpc) is 3.82. The molecule has 0 saturated carbocycles. The summed E-state index contributed by atoms with van der Waals surface area (Å²) in [5.41, 5.74) is 7.75. The molecule has 6 atom stereocenters. The Balaban J connectivity index is 1.52. The van der Waals surface area contributed by atoms with E-state index >= 15 is 0 Å². The number of hydrogen-bond donors (Lipinski definition) is 10. The van der Waals surface area contributed by atoms with Crippen LogP contribution >= 0.6 is 0 Å². The van der Waals surface area contributed by atoms with Gasteiger partial charge in [-0.1, -0.05) is 30.3 Å². The maximum Gasteiger partial charge on any atom is 0.248 e. The van der Waals surface area contributed by atoms with Crippen molar-refractivity contribution in [3.8, 4) is 5.75 Å². The summed E-state index contributed by atoms with van der Waals surface area (Å²) in [5.74, 6) is -4.74. The molecule has 17 nitrogen and oxygen atoms in total. The van der Waals surface area contributed by atoms with Crippen molar-refractivity contribution in [2.75, 3.05) is 26.3 Å². The number of rotatable bonds is 9. The van der Waals surface area contributed by atoms with Crippen LogP contribution in [0.5, 0.6) is 5.75 Å². The van der Waals surface area contributed by atoms with Gasteiger partial charge in [-0.2, -0.15) is 0 Å². The summed E-state index contributed by atoms with van der Waals surface area (Å²) in [4.78, 5) is 87.0. The van der Waals surface area contributed by atoms with Crippen molar-refractivity contribution < 1.29 is 44.1 Å². The summed E-state index contributed by atoms with van der Waals surface area (Å²) in [7, 11) is 0. The lowest BCUT2D eigenvalue weighted by Crippen LogP contribution is -2.62. The van der Waals surface area contributed by atoms with Crippen LogP contribution in [0.25, 0.3) is 10.9 Å². The highest BCUT2D eigenvalue weighted by Gasteiger charge is 2.40. The molecule has 0 spiro atoms. The molecule has 284 valence electrons. The van der Waals surface area contributed by atoms with Crippen LogP contribution in [0, 0.1) is 0 Å². The van der Waals surface area contributed by atoms with E-state index in [1.165, 1.54) is 17.0 Å². The van der Waals surface area contributed by atoms with E-state index in [1.54, 1.807) is 18.3 Å². The molecule has 1 aromatic heterocycles. The first kappa shape index (κ1) is 38.7. The fourth-order valence-electron chi connectivity index (χ4n) is 6.64. The number of nitrogens with two attached hydrogens (primary N) is 1.